The molecule has 0 aromatic carbocycles. The predicted octanol–water partition coefficient (Wildman–Crippen LogP) is 1.71. The Morgan fingerprint density at radius 2 is 2.21 bits per heavy atom. The van der Waals surface area contributed by atoms with E-state index < -0.39 is 11.9 Å². The van der Waals surface area contributed by atoms with Crippen LogP contribution in [0.3, 0.4) is 0 Å². The van der Waals surface area contributed by atoms with Crippen LogP contribution in [0.1, 0.15) is 42.8 Å². The van der Waals surface area contributed by atoms with Crippen LogP contribution < -0.4 is 0 Å². The summed E-state index contributed by atoms with van der Waals surface area (Å²) in [5.41, 5.74) is 0. The average Bonchev–Trinajstić information content (AvgIpc) is 3.09. The molecule has 3 unspecified atom stereocenters. The van der Waals surface area contributed by atoms with Gasteiger partial charge in [0.05, 0.1) is 18.4 Å². The van der Waals surface area contributed by atoms with Gasteiger partial charge >= 0.3 is 5.97 Å². The number of ether oxygens (including phenoxy) is 1. The Morgan fingerprint density at radius 1 is 1.37 bits per heavy atom. The third-order valence-corrected chi connectivity index (χ3v) is 3.82. The number of hydrogen-bond acceptors (Lipinski definition) is 5. The molecule has 6 heteroatoms. The topological polar surface area (TPSA) is 85.5 Å². The first-order valence-corrected chi connectivity index (χ1v) is 6.54. The molecule has 6 nitrogen and oxygen atoms in total. The molecule has 1 fully saturated rings. The van der Waals surface area contributed by atoms with Crippen LogP contribution in [0.15, 0.2) is 16.7 Å². The fourth-order valence-corrected chi connectivity index (χ4v) is 2.66. The maximum atomic E-state index is 11.3. The van der Waals surface area contributed by atoms with E-state index >= 15 is 0 Å². The lowest BCUT2D eigenvalue weighted by Gasteiger charge is -2.21. The van der Waals surface area contributed by atoms with Gasteiger partial charge in [0.2, 0.25) is 5.89 Å². The van der Waals surface area contributed by atoms with Gasteiger partial charge in [-0.3, -0.25) is 4.79 Å². The summed E-state index contributed by atoms with van der Waals surface area (Å²) in [6, 6.07) is 0. The molecule has 1 aliphatic carbocycles. The van der Waals surface area contributed by atoms with Gasteiger partial charge in [-0.2, -0.15) is 4.98 Å². The maximum Gasteiger partial charge on any atom is 0.307 e. The highest BCUT2D eigenvalue weighted by Crippen LogP contribution is 2.35. The zero-order valence-electron chi connectivity index (χ0n) is 10.5. The molecule has 0 amide bonds. The Balaban J connectivity index is 1.80. The first-order chi connectivity index (χ1) is 9.25. The summed E-state index contributed by atoms with van der Waals surface area (Å²) in [7, 11) is 0. The summed E-state index contributed by atoms with van der Waals surface area (Å²) in [5.74, 6) is -0.229. The largest absolute Gasteiger partial charge is 0.481 e. The van der Waals surface area contributed by atoms with Crippen molar-refractivity contribution < 1.29 is 19.2 Å². The van der Waals surface area contributed by atoms with Crippen LogP contribution >= 0.6 is 0 Å². The minimum absolute atomic E-state index is 0.180. The normalized spacial score (nSPS) is 30.6. The SMILES string of the molecule is O=C(O)C1CC=CCC1c1nc(C2CCOC2)no1. The molecular formula is C13H16N2O4. The molecule has 0 bridgehead atoms. The van der Waals surface area contributed by atoms with E-state index in [0.717, 1.165) is 13.0 Å². The fourth-order valence-electron chi connectivity index (χ4n) is 2.66. The van der Waals surface area contributed by atoms with Gasteiger partial charge in [-0.1, -0.05) is 17.3 Å². The predicted molar refractivity (Wildman–Crippen MR) is 64.7 cm³/mol. The van der Waals surface area contributed by atoms with Crippen molar-refractivity contribution in [2.45, 2.75) is 31.1 Å². The summed E-state index contributed by atoms with van der Waals surface area (Å²) in [5, 5.41) is 13.2. The van der Waals surface area contributed by atoms with Crippen LogP contribution in [0, 0.1) is 5.92 Å². The molecule has 1 saturated heterocycles. The molecule has 0 spiro atoms. The van der Waals surface area contributed by atoms with Gasteiger partial charge in [0.1, 0.15) is 0 Å². The molecule has 3 atom stereocenters. The second-order valence-corrected chi connectivity index (χ2v) is 5.05. The van der Waals surface area contributed by atoms with Gasteiger partial charge in [0.15, 0.2) is 5.82 Å². The van der Waals surface area contributed by atoms with Crippen molar-refractivity contribution in [3.05, 3.63) is 23.9 Å². The first kappa shape index (κ1) is 12.3. The number of allylic oxidation sites excluding steroid dienone is 2. The van der Waals surface area contributed by atoms with E-state index in [2.05, 4.69) is 10.1 Å². The van der Waals surface area contributed by atoms with Crippen LogP contribution in [0.25, 0.3) is 0 Å². The van der Waals surface area contributed by atoms with Crippen LogP contribution in [-0.2, 0) is 9.53 Å². The minimum atomic E-state index is -0.807. The number of carboxylic acid groups (broad SMARTS) is 1. The monoisotopic (exact) mass is 264 g/mol. The molecule has 2 heterocycles. The lowest BCUT2D eigenvalue weighted by molar-refractivity contribution is -0.142. The lowest BCUT2D eigenvalue weighted by atomic mass is 9.83. The van der Waals surface area contributed by atoms with Gasteiger partial charge in [0.25, 0.3) is 0 Å². The lowest BCUT2D eigenvalue weighted by Crippen LogP contribution is -2.23. The number of rotatable bonds is 3. The summed E-state index contributed by atoms with van der Waals surface area (Å²) >= 11 is 0. The number of aliphatic carboxylic acids is 1. The summed E-state index contributed by atoms with van der Waals surface area (Å²) in [6.45, 7) is 1.34. The molecule has 2 aliphatic rings. The summed E-state index contributed by atoms with van der Waals surface area (Å²) < 4.78 is 10.6. The molecule has 1 N–H and O–H groups in total. The minimum Gasteiger partial charge on any atom is -0.481 e. The molecule has 1 aromatic heterocycles. The molecular weight excluding hydrogens is 248 g/mol. The smallest absolute Gasteiger partial charge is 0.307 e. The van der Waals surface area contributed by atoms with E-state index in [-0.39, 0.29) is 11.8 Å². The summed E-state index contributed by atoms with van der Waals surface area (Å²) in [6.07, 6.45) is 5.93. The number of aromatic nitrogens is 2. The van der Waals surface area contributed by atoms with Crippen molar-refractivity contribution in [2.24, 2.45) is 5.92 Å². The van der Waals surface area contributed by atoms with Crippen LogP contribution in [0.5, 0.6) is 0 Å². The van der Waals surface area contributed by atoms with Crippen molar-refractivity contribution in [1.29, 1.82) is 0 Å². The number of carboxylic acids is 1. The van der Waals surface area contributed by atoms with Gasteiger partial charge in [-0.05, 0) is 19.3 Å². The number of carbonyl (C=O) groups is 1. The van der Waals surface area contributed by atoms with Crippen LogP contribution in [0.2, 0.25) is 0 Å². The Bertz CT molecular complexity index is 491. The highest BCUT2D eigenvalue weighted by atomic mass is 16.5. The van der Waals surface area contributed by atoms with E-state index in [0.29, 0.717) is 31.2 Å². The Hall–Kier alpha value is -1.69. The van der Waals surface area contributed by atoms with Crippen molar-refractivity contribution >= 4 is 5.97 Å². The van der Waals surface area contributed by atoms with Crippen LogP contribution in [-0.4, -0.2) is 34.4 Å². The Morgan fingerprint density at radius 3 is 2.95 bits per heavy atom. The standard InChI is InChI=1S/C13H16N2O4/c16-13(17)10-4-2-1-3-9(10)12-14-11(15-19-12)8-5-6-18-7-8/h1-2,8-10H,3-7H2,(H,16,17). The Labute approximate surface area is 110 Å². The second-order valence-electron chi connectivity index (χ2n) is 5.05. The third kappa shape index (κ3) is 2.40. The molecule has 3 rings (SSSR count). The molecule has 102 valence electrons. The molecule has 1 aromatic rings. The van der Waals surface area contributed by atoms with Gasteiger partial charge in [-0.15, -0.1) is 0 Å². The highest BCUT2D eigenvalue weighted by Gasteiger charge is 2.34. The zero-order chi connectivity index (χ0) is 13.2. The molecule has 1 aliphatic heterocycles. The summed E-state index contributed by atoms with van der Waals surface area (Å²) in [4.78, 5) is 15.7. The van der Waals surface area contributed by atoms with Gasteiger partial charge in [0, 0.05) is 12.5 Å². The maximum absolute atomic E-state index is 11.3. The third-order valence-electron chi connectivity index (χ3n) is 3.82. The van der Waals surface area contributed by atoms with Crippen molar-refractivity contribution in [3.63, 3.8) is 0 Å². The van der Waals surface area contributed by atoms with Crippen molar-refractivity contribution in [3.8, 4) is 0 Å². The first-order valence-electron chi connectivity index (χ1n) is 6.54. The van der Waals surface area contributed by atoms with Crippen molar-refractivity contribution in [1.82, 2.24) is 10.1 Å². The van der Waals surface area contributed by atoms with Gasteiger partial charge < -0.3 is 14.4 Å². The van der Waals surface area contributed by atoms with E-state index in [4.69, 9.17) is 9.26 Å². The molecule has 0 saturated carbocycles. The quantitative estimate of drug-likeness (QED) is 0.836. The van der Waals surface area contributed by atoms with Crippen LogP contribution in [0.4, 0.5) is 0 Å². The van der Waals surface area contributed by atoms with E-state index in [1.807, 2.05) is 12.2 Å². The zero-order valence-corrected chi connectivity index (χ0v) is 10.5. The van der Waals surface area contributed by atoms with Gasteiger partial charge in [-0.25, -0.2) is 0 Å². The Kier molecular flexibility index (Phi) is 3.33. The fraction of sp³-hybridized carbons (Fsp3) is 0.615. The average molecular weight is 264 g/mol. The highest BCUT2D eigenvalue weighted by molar-refractivity contribution is 5.71. The van der Waals surface area contributed by atoms with E-state index in [1.54, 1.807) is 0 Å². The van der Waals surface area contributed by atoms with E-state index in [1.165, 1.54) is 0 Å². The number of hydrogen-bond donors (Lipinski definition) is 1. The number of nitrogens with zero attached hydrogens (tertiary/aromatic N) is 2. The molecule has 19 heavy (non-hydrogen) atoms. The van der Waals surface area contributed by atoms with Crippen molar-refractivity contribution in [2.75, 3.05) is 13.2 Å². The molecule has 0 radical (unpaired) electrons. The van der Waals surface area contributed by atoms with E-state index in [9.17, 15) is 9.90 Å². The second kappa shape index (κ2) is 5.13.